The van der Waals surface area contributed by atoms with Gasteiger partial charge in [0.25, 0.3) is 0 Å². The van der Waals surface area contributed by atoms with Crippen LogP contribution >= 0.6 is 0 Å². The molecule has 6 heteroatoms. The number of aldehydes is 1. The van der Waals surface area contributed by atoms with E-state index in [9.17, 15) is 4.79 Å². The topological polar surface area (TPSA) is 57.7 Å². The van der Waals surface area contributed by atoms with Gasteiger partial charge >= 0.3 is 0 Å². The van der Waals surface area contributed by atoms with Crippen LogP contribution in [0.2, 0.25) is 0 Å². The van der Waals surface area contributed by atoms with Gasteiger partial charge in [0, 0.05) is 41.3 Å². The molecule has 0 fully saturated rings. The van der Waals surface area contributed by atoms with E-state index < -0.39 is 0 Å². The van der Waals surface area contributed by atoms with Crippen molar-refractivity contribution in [2.75, 3.05) is 37.5 Å². The number of pyridine rings is 1. The molecule has 0 aliphatic rings. The fourth-order valence-corrected chi connectivity index (χ4v) is 3.26. The summed E-state index contributed by atoms with van der Waals surface area (Å²) in [5.41, 5.74) is 3.47. The lowest BCUT2D eigenvalue weighted by molar-refractivity contribution is -0.104. The lowest BCUT2D eigenvalue weighted by atomic mass is 10.2. The number of hydrogen-bond donors (Lipinski definition) is 1. The van der Waals surface area contributed by atoms with E-state index in [0.29, 0.717) is 18.2 Å². The third-order valence-corrected chi connectivity index (χ3v) is 4.86. The molecule has 0 spiro atoms. The average molecular weight is 431 g/mol. The van der Waals surface area contributed by atoms with Gasteiger partial charge in [-0.3, -0.25) is 9.69 Å². The minimum absolute atomic E-state index is 0.571. The lowest BCUT2D eigenvalue weighted by Crippen LogP contribution is -2.25. The second-order valence-electron chi connectivity index (χ2n) is 7.71. The van der Waals surface area contributed by atoms with Crippen molar-refractivity contribution in [3.05, 3.63) is 89.9 Å². The lowest BCUT2D eigenvalue weighted by Gasteiger charge is -2.29. The van der Waals surface area contributed by atoms with Gasteiger partial charge in [0.15, 0.2) is 0 Å². The molecule has 3 rings (SSSR count). The van der Waals surface area contributed by atoms with Crippen LogP contribution < -0.4 is 15.0 Å². The van der Waals surface area contributed by atoms with Crippen LogP contribution in [0.25, 0.3) is 0 Å². The molecule has 0 amide bonds. The van der Waals surface area contributed by atoms with Crippen LogP contribution in [-0.2, 0) is 4.79 Å². The number of para-hydroxylation sites is 2. The zero-order chi connectivity index (χ0) is 22.9. The zero-order valence-electron chi connectivity index (χ0n) is 19.1. The highest BCUT2D eigenvalue weighted by Gasteiger charge is 2.21. The number of benzene rings is 2. The van der Waals surface area contributed by atoms with Gasteiger partial charge < -0.3 is 15.0 Å². The number of hydrogen-bond acceptors (Lipinski definition) is 6. The molecule has 0 aliphatic carbocycles. The van der Waals surface area contributed by atoms with Crippen LogP contribution in [0.5, 0.6) is 5.75 Å². The minimum atomic E-state index is 0.571. The van der Waals surface area contributed by atoms with Crippen LogP contribution in [0.1, 0.15) is 11.3 Å². The normalized spacial score (nSPS) is 11.3. The van der Waals surface area contributed by atoms with Crippen molar-refractivity contribution in [2.45, 2.75) is 13.8 Å². The number of carbonyl (C=O) groups excluding carboxylic acids is 1. The third-order valence-electron chi connectivity index (χ3n) is 4.86. The molecule has 1 heterocycles. The summed E-state index contributed by atoms with van der Waals surface area (Å²) in [4.78, 5) is 20.5. The number of aromatic nitrogens is 1. The van der Waals surface area contributed by atoms with Gasteiger partial charge in [0.1, 0.15) is 30.3 Å². The van der Waals surface area contributed by atoms with E-state index >= 15 is 0 Å². The van der Waals surface area contributed by atoms with E-state index in [0.717, 1.165) is 41.2 Å². The number of nitrogens with one attached hydrogen (secondary N) is 1. The molecule has 0 unspecified atom stereocenters. The van der Waals surface area contributed by atoms with E-state index in [2.05, 4.69) is 10.2 Å². The summed E-state index contributed by atoms with van der Waals surface area (Å²) in [5.74, 6) is 2.07. The Labute approximate surface area is 190 Å². The van der Waals surface area contributed by atoms with E-state index in [1.807, 2.05) is 99.6 Å². The Morgan fingerprint density at radius 2 is 1.69 bits per heavy atom. The van der Waals surface area contributed by atoms with E-state index in [4.69, 9.17) is 9.72 Å². The number of carbonyl (C=O) groups is 1. The van der Waals surface area contributed by atoms with Crippen LogP contribution in [-0.4, -0.2) is 43.4 Å². The Kier molecular flexibility index (Phi) is 8.00. The summed E-state index contributed by atoms with van der Waals surface area (Å²) in [6.07, 6.45) is 2.29. The second-order valence-corrected chi connectivity index (χ2v) is 7.71. The molecule has 0 saturated heterocycles. The molecule has 0 radical (unpaired) electrons. The molecule has 6 nitrogen and oxygen atoms in total. The molecule has 1 N–H and O–H groups in total. The van der Waals surface area contributed by atoms with Gasteiger partial charge in [-0.2, -0.15) is 0 Å². The summed E-state index contributed by atoms with van der Waals surface area (Å²) in [5, 5.41) is 3.37. The van der Waals surface area contributed by atoms with Gasteiger partial charge in [-0.25, -0.2) is 4.98 Å². The van der Waals surface area contributed by atoms with E-state index in [1.54, 1.807) is 0 Å². The molecule has 0 aliphatic heterocycles. The van der Waals surface area contributed by atoms with Crippen molar-refractivity contribution >= 4 is 23.5 Å². The first-order valence-electron chi connectivity index (χ1n) is 10.6. The zero-order valence-corrected chi connectivity index (χ0v) is 19.1. The molecule has 0 saturated carbocycles. The average Bonchev–Trinajstić information content (AvgIpc) is 2.78. The Hall–Kier alpha value is -3.64. The molecule has 2 aromatic carbocycles. The molecule has 0 bridgehead atoms. The Morgan fingerprint density at radius 1 is 1.03 bits per heavy atom. The summed E-state index contributed by atoms with van der Waals surface area (Å²) in [6, 6.07) is 21.6. The van der Waals surface area contributed by atoms with Gasteiger partial charge in [0.2, 0.25) is 0 Å². The van der Waals surface area contributed by atoms with Crippen molar-refractivity contribution in [3.8, 4) is 5.75 Å². The number of aryl methyl sites for hydroxylation is 1. The van der Waals surface area contributed by atoms with Crippen molar-refractivity contribution in [2.24, 2.45) is 0 Å². The number of rotatable bonds is 10. The fraction of sp³-hybridized carbons (Fsp3) is 0.231. The standard InChI is InChI=1S/C26H30N4O2/c1-20-19-24(32-18-16-29(3)4)21(2)26(27-20)30(23-13-9-6-10-14-23)25(15-17-31)28-22-11-7-5-8-12-22/h5-15,17,19,28H,16,18H2,1-4H3/b25-15-. The number of nitrogens with zero attached hydrogens (tertiary/aromatic N) is 3. The highest BCUT2D eigenvalue weighted by molar-refractivity contribution is 5.77. The molecule has 0 atom stereocenters. The largest absolute Gasteiger partial charge is 0.492 e. The van der Waals surface area contributed by atoms with Crippen molar-refractivity contribution in [1.82, 2.24) is 9.88 Å². The maximum atomic E-state index is 11.6. The summed E-state index contributed by atoms with van der Waals surface area (Å²) in [7, 11) is 4.03. The van der Waals surface area contributed by atoms with Crippen molar-refractivity contribution in [1.29, 1.82) is 0 Å². The SMILES string of the molecule is Cc1cc(OCCN(C)C)c(C)c(N(/C(=C\C=O)Nc2ccccc2)c2ccccc2)n1. The monoisotopic (exact) mass is 430 g/mol. The predicted molar refractivity (Wildman–Crippen MR) is 131 cm³/mol. The summed E-state index contributed by atoms with van der Waals surface area (Å²) < 4.78 is 6.10. The predicted octanol–water partition coefficient (Wildman–Crippen LogP) is 4.93. The Balaban J connectivity index is 2.09. The van der Waals surface area contributed by atoms with Gasteiger partial charge in [-0.1, -0.05) is 36.4 Å². The summed E-state index contributed by atoms with van der Waals surface area (Å²) >= 11 is 0. The van der Waals surface area contributed by atoms with Crippen LogP contribution in [0.15, 0.2) is 78.6 Å². The smallest absolute Gasteiger partial charge is 0.146 e. The molecule has 3 aromatic rings. The molecular formula is C26H30N4O2. The number of anilines is 3. The van der Waals surface area contributed by atoms with Gasteiger partial charge in [-0.15, -0.1) is 0 Å². The second kappa shape index (κ2) is 11.1. The van der Waals surface area contributed by atoms with E-state index in [1.165, 1.54) is 6.08 Å². The van der Waals surface area contributed by atoms with Crippen LogP contribution in [0.3, 0.4) is 0 Å². The Bertz CT molecular complexity index is 1050. The Morgan fingerprint density at radius 3 is 2.31 bits per heavy atom. The maximum absolute atomic E-state index is 11.6. The fourth-order valence-electron chi connectivity index (χ4n) is 3.26. The first kappa shape index (κ1) is 23.0. The quantitative estimate of drug-likeness (QED) is 0.364. The molecule has 166 valence electrons. The van der Waals surface area contributed by atoms with Crippen LogP contribution in [0, 0.1) is 13.8 Å². The van der Waals surface area contributed by atoms with Crippen LogP contribution in [0.4, 0.5) is 17.2 Å². The number of allylic oxidation sites excluding steroid dienone is 1. The third kappa shape index (κ3) is 5.95. The summed E-state index contributed by atoms with van der Waals surface area (Å²) in [6.45, 7) is 5.31. The first-order chi connectivity index (χ1) is 15.5. The van der Waals surface area contributed by atoms with Crippen molar-refractivity contribution < 1.29 is 9.53 Å². The van der Waals surface area contributed by atoms with E-state index in [-0.39, 0.29) is 0 Å². The molecular weight excluding hydrogens is 400 g/mol. The first-order valence-corrected chi connectivity index (χ1v) is 10.6. The molecule has 32 heavy (non-hydrogen) atoms. The molecule has 1 aromatic heterocycles. The number of ether oxygens (including phenoxy) is 1. The highest BCUT2D eigenvalue weighted by Crippen LogP contribution is 2.35. The van der Waals surface area contributed by atoms with Gasteiger partial charge in [-0.05, 0) is 52.2 Å². The number of likely N-dealkylation sites (N-methyl/N-ethyl adjacent to an activating group) is 1. The maximum Gasteiger partial charge on any atom is 0.146 e. The van der Waals surface area contributed by atoms with Crippen molar-refractivity contribution in [3.63, 3.8) is 0 Å². The van der Waals surface area contributed by atoms with Gasteiger partial charge in [0.05, 0.1) is 0 Å². The minimum Gasteiger partial charge on any atom is -0.492 e. The highest BCUT2D eigenvalue weighted by atomic mass is 16.5.